The van der Waals surface area contributed by atoms with Gasteiger partial charge < -0.3 is 30.9 Å². The molecule has 2 amide bonds. The smallest absolute Gasteiger partial charge is 0.271 e. The van der Waals surface area contributed by atoms with Crippen LogP contribution >= 0.6 is 0 Å². The molecule has 1 aromatic heterocycles. The van der Waals surface area contributed by atoms with Gasteiger partial charge in [0.15, 0.2) is 11.5 Å². The van der Waals surface area contributed by atoms with Crippen molar-refractivity contribution in [1.82, 2.24) is 20.2 Å². The van der Waals surface area contributed by atoms with Crippen molar-refractivity contribution < 1.29 is 14.3 Å². The number of amides is 2. The van der Waals surface area contributed by atoms with Crippen LogP contribution in [0.3, 0.4) is 0 Å². The number of nitrogens with zero attached hydrogens (tertiary/aromatic N) is 5. The number of hydrogen-bond donors (Lipinski definition) is 3. The number of carbonyl (C=O) groups excluding carboxylic acids is 2. The maximum atomic E-state index is 13.2. The number of ether oxygens (including phenoxy) is 1. The highest BCUT2D eigenvalue weighted by atomic mass is 16.5. The van der Waals surface area contributed by atoms with E-state index in [0.717, 1.165) is 62.3 Å². The van der Waals surface area contributed by atoms with Gasteiger partial charge in [0.25, 0.3) is 11.8 Å². The van der Waals surface area contributed by atoms with Crippen LogP contribution in [-0.2, 0) is 5.41 Å². The minimum atomic E-state index is -0.681. The van der Waals surface area contributed by atoms with Gasteiger partial charge >= 0.3 is 0 Å². The van der Waals surface area contributed by atoms with Crippen LogP contribution in [0.25, 0.3) is 0 Å². The molecule has 11 heteroatoms. The zero-order valence-corrected chi connectivity index (χ0v) is 26.4. The predicted octanol–water partition coefficient (Wildman–Crippen LogP) is 4.38. The van der Waals surface area contributed by atoms with E-state index >= 15 is 0 Å². The number of nitrogens with two attached hydrogens (primary N) is 1. The van der Waals surface area contributed by atoms with Crippen molar-refractivity contribution in [3.63, 3.8) is 0 Å². The third-order valence-electron chi connectivity index (χ3n) is 8.83. The summed E-state index contributed by atoms with van der Waals surface area (Å²) in [4.78, 5) is 39.0. The molecule has 0 aliphatic carbocycles. The second kappa shape index (κ2) is 13.5. The molecule has 2 fully saturated rings. The molecule has 4 N–H and O–H groups in total. The number of anilines is 3. The minimum Gasteiger partial charge on any atom is -0.490 e. The average molecular weight is 611 g/mol. The minimum absolute atomic E-state index is 0.0444. The molecular formula is C34H42N8O3. The Morgan fingerprint density at radius 2 is 1.73 bits per heavy atom. The van der Waals surface area contributed by atoms with E-state index in [1.807, 2.05) is 57.2 Å². The summed E-state index contributed by atoms with van der Waals surface area (Å²) in [6.45, 7) is 8.51. The number of hydrogen-bond acceptors (Lipinski definition) is 9. The van der Waals surface area contributed by atoms with Gasteiger partial charge in [0.05, 0.1) is 17.7 Å². The Bertz CT molecular complexity index is 1540. The van der Waals surface area contributed by atoms with Gasteiger partial charge in [0, 0.05) is 43.0 Å². The Morgan fingerprint density at radius 1 is 1.04 bits per heavy atom. The lowest BCUT2D eigenvalue weighted by Crippen LogP contribution is -2.54. The van der Waals surface area contributed by atoms with Crippen LogP contribution in [0.15, 0.2) is 54.7 Å². The van der Waals surface area contributed by atoms with Gasteiger partial charge in [0.1, 0.15) is 17.7 Å². The first-order valence-electron chi connectivity index (χ1n) is 15.5. The molecule has 3 aromatic rings. The lowest BCUT2D eigenvalue weighted by molar-refractivity contribution is 0.0923. The highest BCUT2D eigenvalue weighted by Crippen LogP contribution is 2.28. The number of primary amides is 1. The molecule has 0 radical (unpaired) electrons. The monoisotopic (exact) mass is 610 g/mol. The summed E-state index contributed by atoms with van der Waals surface area (Å²) in [6.07, 6.45) is 5.40. The second-order valence-electron chi connectivity index (χ2n) is 12.5. The Hall–Kier alpha value is -4.69. The van der Waals surface area contributed by atoms with Gasteiger partial charge in [-0.15, -0.1) is 0 Å². The van der Waals surface area contributed by atoms with Crippen molar-refractivity contribution >= 4 is 29.1 Å². The summed E-state index contributed by atoms with van der Waals surface area (Å²) in [5.74, 6) is 0.791. The molecule has 5 rings (SSSR count). The number of aromatic nitrogens is 2. The zero-order chi connectivity index (χ0) is 32.1. The van der Waals surface area contributed by atoms with Crippen LogP contribution in [0, 0.1) is 11.3 Å². The summed E-state index contributed by atoms with van der Waals surface area (Å²) < 4.78 is 6.17. The van der Waals surface area contributed by atoms with E-state index in [9.17, 15) is 14.9 Å². The fraction of sp³-hybridized carbons (Fsp3) is 0.441. The third kappa shape index (κ3) is 7.52. The number of rotatable bonds is 9. The van der Waals surface area contributed by atoms with E-state index in [-0.39, 0.29) is 35.6 Å². The maximum absolute atomic E-state index is 13.2. The molecule has 0 bridgehead atoms. The Balaban J connectivity index is 1.27. The molecule has 2 aliphatic heterocycles. The van der Waals surface area contributed by atoms with Gasteiger partial charge in [-0.1, -0.05) is 12.1 Å². The summed E-state index contributed by atoms with van der Waals surface area (Å²) >= 11 is 0. The first-order chi connectivity index (χ1) is 21.5. The van der Waals surface area contributed by atoms with Crippen molar-refractivity contribution in [3.8, 4) is 11.8 Å². The predicted molar refractivity (Wildman–Crippen MR) is 174 cm³/mol. The first kappa shape index (κ1) is 31.7. The van der Waals surface area contributed by atoms with Gasteiger partial charge in [-0.05, 0) is 95.5 Å². The third-order valence-corrected chi connectivity index (χ3v) is 8.83. The standard InChI is InChI=1S/C34H42N8O3/c1-22-28(39-33(44)23-7-9-24(10-8-23)34(2,3)21-35)6-5-17-42(22)29-20-37-30(31(36)43)32(40-29)38-25-11-13-26(14-12-25)45-27-15-18-41(4)19-16-27/h7-14,20,22,27-28H,5-6,15-19H2,1-4H3,(H2,36,43)(H,38,40)(H,39,44)/t22-,28-/m1/s1. The van der Waals surface area contributed by atoms with E-state index < -0.39 is 11.3 Å². The normalized spacial score (nSPS) is 19.4. The molecule has 45 heavy (non-hydrogen) atoms. The average Bonchev–Trinajstić information content (AvgIpc) is 3.04. The SMILES string of the molecule is C[C@@H]1[C@H](NC(=O)c2ccc(C(C)(C)C#N)cc2)CCCN1c1cnc(C(N)=O)c(Nc2ccc(OC3CCN(C)CC3)cc2)n1. The van der Waals surface area contributed by atoms with Gasteiger partial charge in [0.2, 0.25) is 0 Å². The van der Waals surface area contributed by atoms with Crippen molar-refractivity contribution in [1.29, 1.82) is 5.26 Å². The molecule has 0 spiro atoms. The summed E-state index contributed by atoms with van der Waals surface area (Å²) in [7, 11) is 2.12. The van der Waals surface area contributed by atoms with Crippen molar-refractivity contribution in [2.45, 2.75) is 70.1 Å². The van der Waals surface area contributed by atoms with Crippen LogP contribution in [0.2, 0.25) is 0 Å². The van der Waals surface area contributed by atoms with Crippen molar-refractivity contribution in [2.75, 3.05) is 36.9 Å². The number of carbonyl (C=O) groups is 2. The zero-order valence-electron chi connectivity index (χ0n) is 26.4. The quantitative estimate of drug-likeness (QED) is 0.321. The van der Waals surface area contributed by atoms with Crippen LogP contribution in [0.1, 0.15) is 72.9 Å². The molecule has 236 valence electrons. The Labute approximate surface area is 264 Å². The van der Waals surface area contributed by atoms with Gasteiger partial charge in [-0.2, -0.15) is 5.26 Å². The van der Waals surface area contributed by atoms with E-state index in [4.69, 9.17) is 15.5 Å². The summed E-state index contributed by atoms with van der Waals surface area (Å²) in [5.41, 5.74) is 7.19. The molecule has 0 unspecified atom stereocenters. The van der Waals surface area contributed by atoms with Crippen LogP contribution in [0.5, 0.6) is 5.75 Å². The highest BCUT2D eigenvalue weighted by molar-refractivity contribution is 5.96. The molecule has 11 nitrogen and oxygen atoms in total. The number of nitrogens with one attached hydrogen (secondary N) is 2. The van der Waals surface area contributed by atoms with Crippen LogP contribution < -0.4 is 26.0 Å². The number of nitriles is 1. The summed E-state index contributed by atoms with van der Waals surface area (Å²) in [5, 5.41) is 15.8. The largest absolute Gasteiger partial charge is 0.490 e. The van der Waals surface area contributed by atoms with Crippen LogP contribution in [-0.4, -0.2) is 71.6 Å². The molecule has 0 saturated carbocycles. The van der Waals surface area contributed by atoms with Crippen molar-refractivity contribution in [3.05, 3.63) is 71.5 Å². The van der Waals surface area contributed by atoms with E-state index in [1.165, 1.54) is 0 Å². The fourth-order valence-electron chi connectivity index (χ4n) is 5.85. The molecule has 2 saturated heterocycles. The van der Waals surface area contributed by atoms with Gasteiger partial charge in [-0.25, -0.2) is 9.97 Å². The molecule has 3 heterocycles. The van der Waals surface area contributed by atoms with E-state index in [1.54, 1.807) is 18.3 Å². The number of benzene rings is 2. The molecule has 2 atom stereocenters. The lowest BCUT2D eigenvalue weighted by atomic mass is 9.86. The van der Waals surface area contributed by atoms with Crippen molar-refractivity contribution in [2.24, 2.45) is 5.73 Å². The Morgan fingerprint density at radius 3 is 2.38 bits per heavy atom. The fourth-order valence-corrected chi connectivity index (χ4v) is 5.85. The van der Waals surface area contributed by atoms with E-state index in [2.05, 4.69) is 38.5 Å². The van der Waals surface area contributed by atoms with E-state index in [0.29, 0.717) is 11.4 Å². The topological polar surface area (TPSA) is 150 Å². The first-order valence-corrected chi connectivity index (χ1v) is 15.5. The van der Waals surface area contributed by atoms with Gasteiger partial charge in [-0.3, -0.25) is 9.59 Å². The number of piperidine rings is 2. The van der Waals surface area contributed by atoms with Crippen LogP contribution in [0.4, 0.5) is 17.3 Å². The highest BCUT2D eigenvalue weighted by Gasteiger charge is 2.31. The molecular weight excluding hydrogens is 568 g/mol. The lowest BCUT2D eigenvalue weighted by Gasteiger charge is -2.40. The second-order valence-corrected chi connectivity index (χ2v) is 12.5. The summed E-state index contributed by atoms with van der Waals surface area (Å²) in [6, 6.07) is 16.8. The molecule has 2 aliphatic rings. The maximum Gasteiger partial charge on any atom is 0.271 e. The number of likely N-dealkylation sites (tertiary alicyclic amines) is 1. The Kier molecular flexibility index (Phi) is 9.54. The molecule has 2 aromatic carbocycles.